The van der Waals surface area contributed by atoms with Crippen LogP contribution in [0.4, 0.5) is 0 Å². The summed E-state index contributed by atoms with van der Waals surface area (Å²) in [7, 11) is 0. The van der Waals surface area contributed by atoms with Gasteiger partial charge in [0.2, 0.25) is 0 Å². The zero-order valence-corrected chi connectivity index (χ0v) is 46.7. The van der Waals surface area contributed by atoms with Crippen LogP contribution < -0.4 is 0 Å². The van der Waals surface area contributed by atoms with Crippen LogP contribution in [0.2, 0.25) is 0 Å². The first kappa shape index (κ1) is 51.7. The largest absolute Gasteiger partial charge is 0.255 e. The molecule has 74 heavy (non-hydrogen) atoms. The lowest BCUT2D eigenvalue weighted by Gasteiger charge is -2.30. The number of rotatable bonds is 8. The molecular weight excluding hydrogens is 895 g/mol. The molecule has 0 fully saturated rings. The molecule has 9 rings (SSSR count). The lowest BCUT2D eigenvalue weighted by atomic mass is 9.73. The van der Waals surface area contributed by atoms with E-state index in [0.717, 1.165) is 72.8 Å². The van der Waals surface area contributed by atoms with Gasteiger partial charge in [0.05, 0.1) is 22.8 Å². The maximum atomic E-state index is 5.38. The van der Waals surface area contributed by atoms with Crippen LogP contribution in [0.5, 0.6) is 0 Å². The molecule has 0 spiro atoms. The zero-order valence-electron chi connectivity index (χ0n) is 46.7. The summed E-state index contributed by atoms with van der Waals surface area (Å²) in [5.74, 6) is 0. The van der Waals surface area contributed by atoms with Crippen LogP contribution in [-0.4, -0.2) is 15.0 Å². The van der Waals surface area contributed by atoms with Gasteiger partial charge >= 0.3 is 0 Å². The van der Waals surface area contributed by atoms with E-state index in [1.807, 2.05) is 36.7 Å². The summed E-state index contributed by atoms with van der Waals surface area (Å²) in [6, 6.07) is 63.8. The third kappa shape index (κ3) is 10.7. The fraction of sp³-hybridized carbons (Fsp3) is 0.282. The first-order chi connectivity index (χ1) is 34.9. The van der Waals surface area contributed by atoms with Gasteiger partial charge in [-0.2, -0.15) is 0 Å². The van der Waals surface area contributed by atoms with Crippen molar-refractivity contribution >= 4 is 0 Å². The molecular formula is C71H75N3. The number of hydrogen-bond acceptors (Lipinski definition) is 3. The van der Waals surface area contributed by atoms with Crippen LogP contribution in [0.25, 0.3) is 89.5 Å². The minimum absolute atomic E-state index is 0.0302. The van der Waals surface area contributed by atoms with Gasteiger partial charge in [0.1, 0.15) is 0 Å². The summed E-state index contributed by atoms with van der Waals surface area (Å²) in [6.45, 7) is 34.4. The van der Waals surface area contributed by atoms with Crippen molar-refractivity contribution in [1.29, 1.82) is 0 Å². The fourth-order valence-corrected chi connectivity index (χ4v) is 10.1. The molecule has 3 heteroatoms. The Hall–Kier alpha value is -7.23. The van der Waals surface area contributed by atoms with Gasteiger partial charge in [-0.3, -0.25) is 9.97 Å². The predicted molar refractivity (Wildman–Crippen MR) is 317 cm³/mol. The third-order valence-electron chi connectivity index (χ3n) is 14.7. The number of hydrogen-bond donors (Lipinski definition) is 0. The lowest BCUT2D eigenvalue weighted by Crippen LogP contribution is -2.12. The Bertz CT molecular complexity index is 3200. The predicted octanol–water partition coefficient (Wildman–Crippen LogP) is 19.7. The van der Waals surface area contributed by atoms with E-state index in [-0.39, 0.29) is 27.1 Å². The highest BCUT2D eigenvalue weighted by atomic mass is 14.8. The highest BCUT2D eigenvalue weighted by molar-refractivity contribution is 6.15. The van der Waals surface area contributed by atoms with E-state index in [2.05, 4.69) is 249 Å². The Kier molecular flexibility index (Phi) is 13.7. The maximum absolute atomic E-state index is 5.38. The summed E-state index contributed by atoms with van der Waals surface area (Å²) in [4.78, 5) is 15.2. The molecule has 374 valence electrons. The summed E-state index contributed by atoms with van der Waals surface area (Å²) in [5, 5.41) is 0. The van der Waals surface area contributed by atoms with Gasteiger partial charge in [0.25, 0.3) is 0 Å². The van der Waals surface area contributed by atoms with E-state index < -0.39 is 0 Å². The number of benzene rings is 6. The Morgan fingerprint density at radius 3 is 0.635 bits per heavy atom. The molecule has 0 bridgehead atoms. The Morgan fingerprint density at radius 1 is 0.230 bits per heavy atom. The molecule has 0 unspecified atom stereocenters. The molecule has 0 atom stereocenters. The SMILES string of the molecule is CC(C)(C)c1ccc(-c2c(-c3ccc(C(C)(C)C)cc3)c(-c3ccc(C(C)(C)C)cc3)c(-c3cc(-c4ccccn4)nc(-c4ccccn4)c3)c(-c3ccc(C(C)(C)C)cc3)c2-c2ccc(C(C)(C)C)cc2)cc1. The van der Waals surface area contributed by atoms with Gasteiger partial charge in [0, 0.05) is 12.4 Å². The zero-order chi connectivity index (χ0) is 53.0. The maximum Gasteiger partial charge on any atom is 0.0900 e. The molecule has 6 aromatic carbocycles. The topological polar surface area (TPSA) is 38.7 Å². The second kappa shape index (κ2) is 19.6. The van der Waals surface area contributed by atoms with Gasteiger partial charge in [-0.15, -0.1) is 0 Å². The minimum Gasteiger partial charge on any atom is -0.255 e. The van der Waals surface area contributed by atoms with Crippen LogP contribution in [0, 0.1) is 0 Å². The van der Waals surface area contributed by atoms with Crippen molar-refractivity contribution in [2.45, 2.75) is 131 Å². The molecule has 0 radical (unpaired) electrons. The van der Waals surface area contributed by atoms with Crippen molar-refractivity contribution in [2.24, 2.45) is 0 Å². The molecule has 3 nitrogen and oxygen atoms in total. The molecule has 0 amide bonds. The Balaban J connectivity index is 1.59. The third-order valence-corrected chi connectivity index (χ3v) is 14.7. The van der Waals surface area contributed by atoms with Crippen molar-refractivity contribution in [1.82, 2.24) is 15.0 Å². The molecule has 0 N–H and O–H groups in total. The van der Waals surface area contributed by atoms with Gasteiger partial charge in [0.15, 0.2) is 0 Å². The lowest BCUT2D eigenvalue weighted by molar-refractivity contribution is 0.590. The van der Waals surface area contributed by atoms with Crippen molar-refractivity contribution in [3.05, 3.63) is 210 Å². The van der Waals surface area contributed by atoms with Gasteiger partial charge in [-0.05, 0) is 158 Å². The average Bonchev–Trinajstić information content (AvgIpc) is 3.37. The molecule has 0 aliphatic rings. The molecule has 3 aromatic heterocycles. The van der Waals surface area contributed by atoms with Crippen molar-refractivity contribution in [3.63, 3.8) is 0 Å². The van der Waals surface area contributed by atoms with E-state index in [1.165, 1.54) is 44.5 Å². The molecule has 3 heterocycles. The monoisotopic (exact) mass is 970 g/mol. The van der Waals surface area contributed by atoms with Crippen LogP contribution in [0.15, 0.2) is 182 Å². The summed E-state index contributed by atoms with van der Waals surface area (Å²) >= 11 is 0. The first-order valence-electron chi connectivity index (χ1n) is 26.5. The molecule has 0 saturated carbocycles. The standard InChI is InChI=1S/C71H75N3/c1-67(2,3)52-32-22-46(23-33-52)61-62(47-24-34-53(35-25-47)68(4,5)6)64(49-28-38-55(39-29-49)70(10,11)12)66(51-44-59(57-20-16-18-42-72-57)74-60(45-51)58-21-17-19-43-73-58)65(50-30-40-56(41-31-50)71(13,14)15)63(61)48-26-36-54(37-27-48)69(7,8)9/h16-45H,1-15H3. The molecule has 9 aromatic rings. The Morgan fingerprint density at radius 2 is 0.446 bits per heavy atom. The van der Waals surface area contributed by atoms with Gasteiger partial charge < -0.3 is 0 Å². The highest BCUT2D eigenvalue weighted by Gasteiger charge is 2.32. The van der Waals surface area contributed by atoms with Crippen LogP contribution in [0.1, 0.15) is 132 Å². The number of pyridine rings is 3. The quantitative estimate of drug-likeness (QED) is 0.152. The van der Waals surface area contributed by atoms with E-state index in [1.54, 1.807) is 0 Å². The summed E-state index contributed by atoms with van der Waals surface area (Å²) in [6.07, 6.45) is 3.71. The summed E-state index contributed by atoms with van der Waals surface area (Å²) < 4.78 is 0. The normalized spacial score (nSPS) is 12.5. The Labute approximate surface area is 443 Å². The van der Waals surface area contributed by atoms with Crippen molar-refractivity contribution in [3.8, 4) is 89.5 Å². The van der Waals surface area contributed by atoms with E-state index in [9.17, 15) is 0 Å². The van der Waals surface area contributed by atoms with E-state index >= 15 is 0 Å². The first-order valence-corrected chi connectivity index (χ1v) is 26.5. The van der Waals surface area contributed by atoms with E-state index in [0.29, 0.717) is 0 Å². The number of nitrogens with zero attached hydrogens (tertiary/aromatic N) is 3. The van der Waals surface area contributed by atoms with Gasteiger partial charge in [-0.25, -0.2) is 4.98 Å². The molecule has 0 saturated heterocycles. The minimum atomic E-state index is -0.0454. The average molecular weight is 970 g/mol. The highest BCUT2D eigenvalue weighted by Crippen LogP contribution is 2.57. The van der Waals surface area contributed by atoms with Crippen LogP contribution >= 0.6 is 0 Å². The smallest absolute Gasteiger partial charge is 0.0900 e. The molecule has 0 aliphatic heterocycles. The van der Waals surface area contributed by atoms with E-state index in [4.69, 9.17) is 15.0 Å². The van der Waals surface area contributed by atoms with Crippen molar-refractivity contribution < 1.29 is 0 Å². The van der Waals surface area contributed by atoms with Crippen molar-refractivity contribution in [2.75, 3.05) is 0 Å². The van der Waals surface area contributed by atoms with Gasteiger partial charge in [-0.1, -0.05) is 237 Å². The summed E-state index contributed by atoms with van der Waals surface area (Å²) in [5.41, 5.74) is 23.1. The fourth-order valence-electron chi connectivity index (χ4n) is 10.1. The number of aromatic nitrogens is 3. The van der Waals surface area contributed by atoms with Crippen LogP contribution in [-0.2, 0) is 27.1 Å². The molecule has 0 aliphatic carbocycles. The van der Waals surface area contributed by atoms with Crippen LogP contribution in [0.3, 0.4) is 0 Å². The second-order valence-corrected chi connectivity index (χ2v) is 25.4. The second-order valence-electron chi connectivity index (χ2n) is 25.4.